The Kier molecular flexibility index (Phi) is 17.4. The Labute approximate surface area is 435 Å². The van der Waals surface area contributed by atoms with Gasteiger partial charge in [-0.3, -0.25) is 43.8 Å². The molecular weight excluding hydrogens is 969 g/mol. The van der Waals surface area contributed by atoms with E-state index >= 15 is 0 Å². The van der Waals surface area contributed by atoms with E-state index in [4.69, 9.17) is 30.9 Å². The first-order valence-electron chi connectivity index (χ1n) is 25.1. The molecule has 0 aliphatic carbocycles. The molecule has 3 aliphatic rings. The van der Waals surface area contributed by atoms with Gasteiger partial charge in [0.2, 0.25) is 11.8 Å². The van der Waals surface area contributed by atoms with Crippen molar-refractivity contribution in [2.75, 3.05) is 53.0 Å². The minimum Gasteiger partial charge on any atom is -0.493 e. The summed E-state index contributed by atoms with van der Waals surface area (Å²) in [5, 5.41) is 10.1. The highest BCUT2D eigenvalue weighted by atomic mass is 35.5. The number of carbonyl (C=O) groups is 6. The molecule has 2 aromatic heterocycles. The maximum absolute atomic E-state index is 14.3. The smallest absolute Gasteiger partial charge is 0.355 e. The Morgan fingerprint density at radius 3 is 2.24 bits per heavy atom. The SMILES string of the molecule is CC.Cc1nn(C)c(C)c1-c1c(Cl)ccc2c(CCCOc3cccc4cc(F)ccc34)c(C(=O)OC(C)(C)C)n(CCN3CCN(C)CC3)c12.O=CCOc1cccc2c1C(=O)N(C1CCC(=O)NC1=O)C2=O. The Hall–Kier alpha value is -6.95. The zero-order chi connectivity index (χ0) is 53.6. The summed E-state index contributed by atoms with van der Waals surface area (Å²) in [6.45, 7) is 19.3. The number of nitrogens with one attached hydrogen (secondary N) is 1. The molecule has 0 spiro atoms. The average Bonchev–Trinajstić information content (AvgIpc) is 3.92. The van der Waals surface area contributed by atoms with Gasteiger partial charge in [0.25, 0.3) is 11.8 Å². The van der Waals surface area contributed by atoms with Crippen LogP contribution in [0.1, 0.15) is 102 Å². The maximum atomic E-state index is 14.3. The van der Waals surface area contributed by atoms with Crippen LogP contribution >= 0.6 is 11.6 Å². The van der Waals surface area contributed by atoms with Crippen LogP contribution in [0.5, 0.6) is 11.5 Å². The van der Waals surface area contributed by atoms with E-state index in [1.54, 1.807) is 6.07 Å². The molecule has 9 rings (SSSR count). The van der Waals surface area contributed by atoms with E-state index in [0.29, 0.717) is 48.7 Å². The van der Waals surface area contributed by atoms with Crippen LogP contribution in [-0.2, 0) is 39.1 Å². The summed E-state index contributed by atoms with van der Waals surface area (Å²) < 4.78 is 35.5. The Balaban J connectivity index is 0.000000266. The number of esters is 1. The number of aldehydes is 1. The molecule has 1 N–H and O–H groups in total. The van der Waals surface area contributed by atoms with E-state index in [1.807, 2.05) is 83.6 Å². The largest absolute Gasteiger partial charge is 0.493 e. The molecule has 74 heavy (non-hydrogen) atoms. The first-order valence-corrected chi connectivity index (χ1v) is 25.4. The van der Waals surface area contributed by atoms with Crippen molar-refractivity contribution in [3.8, 4) is 22.6 Å². The highest BCUT2D eigenvalue weighted by molar-refractivity contribution is 6.35. The molecule has 6 aromatic rings. The molecule has 4 aromatic carbocycles. The van der Waals surface area contributed by atoms with E-state index < -0.39 is 35.3 Å². The number of piperidine rings is 1. The minimum atomic E-state index is -1.03. The van der Waals surface area contributed by atoms with E-state index in [2.05, 4.69) is 33.7 Å². The lowest BCUT2D eigenvalue weighted by Crippen LogP contribution is -2.54. The quantitative estimate of drug-likeness (QED) is 0.0478. The van der Waals surface area contributed by atoms with E-state index in [1.165, 1.54) is 30.3 Å². The summed E-state index contributed by atoms with van der Waals surface area (Å²) in [4.78, 5) is 78.6. The van der Waals surface area contributed by atoms with Crippen molar-refractivity contribution in [2.24, 2.45) is 7.05 Å². The Bertz CT molecular complexity index is 3110. The van der Waals surface area contributed by atoms with Crippen LogP contribution in [0.25, 0.3) is 32.8 Å². The molecular formula is C56H65ClFN7O9. The molecule has 1 unspecified atom stereocenters. The summed E-state index contributed by atoms with van der Waals surface area (Å²) in [7, 11) is 4.09. The lowest BCUT2D eigenvalue weighted by molar-refractivity contribution is -0.136. The normalized spacial score (nSPS) is 16.1. The second kappa shape index (κ2) is 23.5. The number of rotatable bonds is 14. The van der Waals surface area contributed by atoms with Crippen LogP contribution in [0.2, 0.25) is 5.02 Å². The van der Waals surface area contributed by atoms with Crippen molar-refractivity contribution < 1.29 is 47.4 Å². The minimum absolute atomic E-state index is 0.0315. The first kappa shape index (κ1) is 54.8. The Morgan fingerprint density at radius 2 is 1.57 bits per heavy atom. The molecule has 392 valence electrons. The summed E-state index contributed by atoms with van der Waals surface area (Å²) >= 11 is 7.10. The standard InChI is InChI=1S/C39H47ClFN5O3.C15H12N2O6.C2H6/c1-25-34(26(2)44(7)42-25)35-32(40)16-15-31-30(11-9-23-48-33-12-8-10-27-24-28(41)13-14-29(27)33)37(38(47)49-39(3,4)5)46(36(31)35)22-21-45-19-17-43(6)18-20-45;18-6-7-23-10-3-1-2-8-12(10)15(22)17(14(8)21)9-4-5-11(19)16-13(9)20;1-2/h8,10,12-16,24H,9,11,17-23H2,1-7H3;1-3,6,9H,4-5,7H2,(H,16,19,20);1-2H3. The number of aromatic nitrogens is 3. The number of imide groups is 2. The van der Waals surface area contributed by atoms with Crippen molar-refractivity contribution in [2.45, 2.75) is 92.3 Å². The van der Waals surface area contributed by atoms with Gasteiger partial charge in [0.05, 0.1) is 34.0 Å². The van der Waals surface area contributed by atoms with Crippen molar-refractivity contribution in [1.29, 1.82) is 0 Å². The van der Waals surface area contributed by atoms with Crippen LogP contribution in [0.15, 0.2) is 66.7 Å². The van der Waals surface area contributed by atoms with E-state index in [9.17, 15) is 33.2 Å². The number of ether oxygens (including phenoxy) is 3. The fraction of sp³-hybridized carbons (Fsp3) is 0.411. The van der Waals surface area contributed by atoms with Crippen LogP contribution in [-0.4, -0.2) is 130 Å². The zero-order valence-corrected chi connectivity index (χ0v) is 44.4. The summed E-state index contributed by atoms with van der Waals surface area (Å²) in [6.07, 6.45) is 1.89. The lowest BCUT2D eigenvalue weighted by atomic mass is 9.98. The number of aryl methyl sites for hydroxylation is 3. The molecule has 2 saturated heterocycles. The summed E-state index contributed by atoms with van der Waals surface area (Å²) in [5.74, 6) is -2.20. The van der Waals surface area contributed by atoms with Gasteiger partial charge in [-0.1, -0.05) is 49.7 Å². The van der Waals surface area contributed by atoms with Gasteiger partial charge in [-0.05, 0) is 114 Å². The molecule has 4 amide bonds. The van der Waals surface area contributed by atoms with Gasteiger partial charge < -0.3 is 23.7 Å². The third-order valence-electron chi connectivity index (χ3n) is 13.2. The summed E-state index contributed by atoms with van der Waals surface area (Å²) in [6, 6.07) is 17.8. The maximum Gasteiger partial charge on any atom is 0.355 e. The molecule has 3 aliphatic heterocycles. The molecule has 0 saturated carbocycles. The molecule has 16 nitrogen and oxygen atoms in total. The number of nitrogens with zero attached hydrogens (tertiary/aromatic N) is 6. The summed E-state index contributed by atoms with van der Waals surface area (Å²) in [5.41, 5.74) is 5.62. The third kappa shape index (κ3) is 11.7. The fourth-order valence-corrected chi connectivity index (χ4v) is 9.97. The Morgan fingerprint density at radius 1 is 0.865 bits per heavy atom. The van der Waals surface area contributed by atoms with Crippen LogP contribution < -0.4 is 14.8 Å². The molecule has 2 fully saturated rings. The number of amides is 4. The van der Waals surface area contributed by atoms with Crippen molar-refractivity contribution in [1.82, 2.24) is 34.4 Å². The number of carbonyl (C=O) groups excluding carboxylic acids is 6. The van der Waals surface area contributed by atoms with Gasteiger partial charge in [-0.2, -0.15) is 5.10 Å². The van der Waals surface area contributed by atoms with Crippen molar-refractivity contribution in [3.05, 3.63) is 111 Å². The van der Waals surface area contributed by atoms with Crippen molar-refractivity contribution >= 4 is 69.2 Å². The molecule has 18 heteroatoms. The highest BCUT2D eigenvalue weighted by Crippen LogP contribution is 2.43. The second-order valence-electron chi connectivity index (χ2n) is 19.3. The zero-order valence-electron chi connectivity index (χ0n) is 43.6. The van der Waals surface area contributed by atoms with Crippen LogP contribution in [0.3, 0.4) is 0 Å². The molecule has 5 heterocycles. The average molecular weight is 1030 g/mol. The van der Waals surface area contributed by atoms with Crippen LogP contribution in [0, 0.1) is 19.7 Å². The predicted octanol–water partition coefficient (Wildman–Crippen LogP) is 8.51. The first-order chi connectivity index (χ1) is 35.4. The van der Waals surface area contributed by atoms with Gasteiger partial charge >= 0.3 is 5.97 Å². The number of halogens is 2. The van der Waals surface area contributed by atoms with Gasteiger partial charge in [0.15, 0.2) is 6.29 Å². The van der Waals surface area contributed by atoms with E-state index in [0.717, 1.165) is 87.4 Å². The third-order valence-corrected chi connectivity index (χ3v) is 13.5. The molecule has 0 radical (unpaired) electrons. The van der Waals surface area contributed by atoms with Gasteiger partial charge in [0.1, 0.15) is 41.3 Å². The number of fused-ring (bicyclic) bond motifs is 3. The number of likely N-dealkylation sites (N-methyl/N-ethyl adjacent to an activating group) is 1. The number of benzene rings is 4. The van der Waals surface area contributed by atoms with E-state index in [-0.39, 0.29) is 48.1 Å². The predicted molar refractivity (Wildman–Crippen MR) is 281 cm³/mol. The molecule has 0 bridgehead atoms. The molecule has 1 atom stereocenters. The lowest BCUT2D eigenvalue weighted by Gasteiger charge is -2.32. The van der Waals surface area contributed by atoms with Crippen molar-refractivity contribution in [3.63, 3.8) is 0 Å². The van der Waals surface area contributed by atoms with Gasteiger partial charge in [-0.15, -0.1) is 0 Å². The topological polar surface area (TPSA) is 175 Å². The number of piperazine rings is 1. The number of hydrogen-bond donors (Lipinski definition) is 1. The number of hydrogen-bond acceptors (Lipinski definition) is 12. The van der Waals surface area contributed by atoms with Gasteiger partial charge in [-0.25, -0.2) is 9.18 Å². The second-order valence-corrected chi connectivity index (χ2v) is 19.7. The van der Waals surface area contributed by atoms with Crippen LogP contribution in [0.4, 0.5) is 4.39 Å². The fourth-order valence-electron chi connectivity index (χ4n) is 9.73. The van der Waals surface area contributed by atoms with Gasteiger partial charge in [0, 0.05) is 80.3 Å². The monoisotopic (exact) mass is 1030 g/mol. The highest BCUT2D eigenvalue weighted by Gasteiger charge is 2.46.